The Balaban J connectivity index is 1.83. The normalized spacial score (nSPS) is 11.3. The van der Waals surface area contributed by atoms with Crippen LogP contribution in [0.2, 0.25) is 0 Å². The van der Waals surface area contributed by atoms with Gasteiger partial charge in [-0.3, -0.25) is 4.79 Å². The topological polar surface area (TPSA) is 75.3 Å². The summed E-state index contributed by atoms with van der Waals surface area (Å²) >= 11 is 1.11. The minimum Gasteiger partial charge on any atom is -0.351 e. The van der Waals surface area contributed by atoms with Gasteiger partial charge < -0.3 is 5.32 Å². The molecule has 0 fully saturated rings. The molecule has 0 saturated heterocycles. The van der Waals surface area contributed by atoms with Gasteiger partial charge in [-0.05, 0) is 23.9 Å². The van der Waals surface area contributed by atoms with Gasteiger partial charge in [0.1, 0.15) is 4.21 Å². The number of benzene rings is 1. The minimum absolute atomic E-state index is 0.203. The monoisotopic (exact) mass is 324 g/mol. The van der Waals surface area contributed by atoms with Gasteiger partial charge in [-0.1, -0.05) is 35.9 Å². The van der Waals surface area contributed by atoms with Gasteiger partial charge in [0.25, 0.3) is 10.0 Å². The van der Waals surface area contributed by atoms with E-state index in [0.29, 0.717) is 6.54 Å². The summed E-state index contributed by atoms with van der Waals surface area (Å²) in [6.07, 6.45) is 0. The standard InChI is InChI=1S/C14H16N2O3S2/c1-11-4-2-5-12(8-11)9-15-13(17)10-16-21(18,19)14-6-3-7-20-14/h2-8,16H,9-10H2,1H3,(H,15,17). The number of rotatable bonds is 6. The summed E-state index contributed by atoms with van der Waals surface area (Å²) < 4.78 is 26.2. The second kappa shape index (κ2) is 6.84. The Hall–Kier alpha value is -1.70. The first kappa shape index (κ1) is 15.7. The lowest BCUT2D eigenvalue weighted by atomic mass is 10.1. The van der Waals surface area contributed by atoms with E-state index in [4.69, 9.17) is 0 Å². The van der Waals surface area contributed by atoms with Crippen molar-refractivity contribution in [2.45, 2.75) is 17.7 Å². The number of hydrogen-bond acceptors (Lipinski definition) is 4. The largest absolute Gasteiger partial charge is 0.351 e. The summed E-state index contributed by atoms with van der Waals surface area (Å²) in [5.41, 5.74) is 2.09. The van der Waals surface area contributed by atoms with E-state index >= 15 is 0 Å². The van der Waals surface area contributed by atoms with Crippen LogP contribution in [0.4, 0.5) is 0 Å². The van der Waals surface area contributed by atoms with Crippen molar-refractivity contribution in [3.8, 4) is 0 Å². The van der Waals surface area contributed by atoms with Crippen LogP contribution in [-0.4, -0.2) is 20.9 Å². The number of nitrogens with one attached hydrogen (secondary N) is 2. The van der Waals surface area contributed by atoms with Gasteiger partial charge in [-0.15, -0.1) is 11.3 Å². The van der Waals surface area contributed by atoms with E-state index in [2.05, 4.69) is 10.0 Å². The molecule has 0 unspecified atom stereocenters. The molecular formula is C14H16N2O3S2. The van der Waals surface area contributed by atoms with Crippen molar-refractivity contribution in [1.29, 1.82) is 0 Å². The number of thiophene rings is 1. The zero-order valence-electron chi connectivity index (χ0n) is 11.5. The van der Waals surface area contributed by atoms with E-state index in [1.54, 1.807) is 11.4 Å². The Morgan fingerprint density at radius 2 is 2.05 bits per heavy atom. The molecule has 5 nitrogen and oxygen atoms in total. The number of carbonyl (C=O) groups is 1. The summed E-state index contributed by atoms with van der Waals surface area (Å²) in [5.74, 6) is -0.364. The van der Waals surface area contributed by atoms with Crippen molar-refractivity contribution < 1.29 is 13.2 Å². The lowest BCUT2D eigenvalue weighted by molar-refractivity contribution is -0.120. The Morgan fingerprint density at radius 3 is 2.71 bits per heavy atom. The molecule has 0 aliphatic rings. The predicted molar refractivity (Wildman–Crippen MR) is 82.5 cm³/mol. The maximum Gasteiger partial charge on any atom is 0.250 e. The Bertz CT molecular complexity index is 710. The fourth-order valence-electron chi connectivity index (χ4n) is 1.73. The quantitative estimate of drug-likeness (QED) is 0.848. The van der Waals surface area contributed by atoms with Crippen molar-refractivity contribution in [3.63, 3.8) is 0 Å². The van der Waals surface area contributed by atoms with Crippen LogP contribution in [0.25, 0.3) is 0 Å². The number of amides is 1. The molecule has 0 aliphatic carbocycles. The number of aryl methyl sites for hydroxylation is 1. The van der Waals surface area contributed by atoms with Gasteiger partial charge in [-0.2, -0.15) is 0 Å². The fourth-order valence-corrected chi connectivity index (χ4v) is 3.75. The third-order valence-corrected chi connectivity index (χ3v) is 5.55. The number of carbonyl (C=O) groups excluding carboxylic acids is 1. The molecule has 0 aliphatic heterocycles. The zero-order valence-corrected chi connectivity index (χ0v) is 13.1. The molecule has 0 saturated carbocycles. The van der Waals surface area contributed by atoms with E-state index in [1.165, 1.54) is 6.07 Å². The Labute approximate surface area is 128 Å². The average molecular weight is 324 g/mol. The third kappa shape index (κ3) is 4.66. The first-order valence-corrected chi connectivity index (χ1v) is 8.69. The van der Waals surface area contributed by atoms with Crippen LogP contribution in [0, 0.1) is 6.92 Å². The molecule has 7 heteroatoms. The molecule has 2 rings (SSSR count). The van der Waals surface area contributed by atoms with Gasteiger partial charge in [0, 0.05) is 6.54 Å². The van der Waals surface area contributed by atoms with E-state index in [1.807, 2.05) is 31.2 Å². The first-order valence-electron chi connectivity index (χ1n) is 6.33. The smallest absolute Gasteiger partial charge is 0.250 e. The van der Waals surface area contributed by atoms with Gasteiger partial charge in [0.2, 0.25) is 5.91 Å². The molecule has 0 bridgehead atoms. The summed E-state index contributed by atoms with van der Waals surface area (Å²) in [6.45, 7) is 2.08. The average Bonchev–Trinajstić information content (AvgIpc) is 2.98. The molecular weight excluding hydrogens is 308 g/mol. The maximum absolute atomic E-state index is 11.8. The molecule has 21 heavy (non-hydrogen) atoms. The summed E-state index contributed by atoms with van der Waals surface area (Å²) in [4.78, 5) is 11.7. The van der Waals surface area contributed by atoms with Crippen LogP contribution in [0.5, 0.6) is 0 Å². The van der Waals surface area contributed by atoms with Gasteiger partial charge >= 0.3 is 0 Å². The van der Waals surface area contributed by atoms with Crippen LogP contribution >= 0.6 is 11.3 Å². The van der Waals surface area contributed by atoms with Crippen LogP contribution in [-0.2, 0) is 21.4 Å². The highest BCUT2D eigenvalue weighted by molar-refractivity contribution is 7.91. The summed E-state index contributed by atoms with van der Waals surface area (Å²) in [6, 6.07) is 10.9. The van der Waals surface area contributed by atoms with Gasteiger partial charge in [-0.25, -0.2) is 13.1 Å². The predicted octanol–water partition coefficient (Wildman–Crippen LogP) is 1.65. The highest BCUT2D eigenvalue weighted by Gasteiger charge is 2.16. The van der Waals surface area contributed by atoms with Gasteiger partial charge in [0.05, 0.1) is 6.54 Å². The molecule has 1 amide bonds. The highest BCUT2D eigenvalue weighted by Crippen LogP contribution is 2.14. The lowest BCUT2D eigenvalue weighted by Crippen LogP contribution is -2.36. The minimum atomic E-state index is -3.59. The molecule has 0 spiro atoms. The van der Waals surface area contributed by atoms with Crippen molar-refractivity contribution in [1.82, 2.24) is 10.0 Å². The summed E-state index contributed by atoms with van der Waals surface area (Å²) in [7, 11) is -3.59. The van der Waals surface area contributed by atoms with Gasteiger partial charge in [0.15, 0.2) is 0 Å². The third-order valence-electron chi connectivity index (χ3n) is 2.75. The molecule has 1 aromatic carbocycles. The molecule has 1 aromatic heterocycles. The number of hydrogen-bond donors (Lipinski definition) is 2. The van der Waals surface area contributed by atoms with E-state index in [9.17, 15) is 13.2 Å². The SMILES string of the molecule is Cc1cccc(CNC(=O)CNS(=O)(=O)c2cccs2)c1. The van der Waals surface area contributed by atoms with Crippen molar-refractivity contribution in [2.75, 3.05) is 6.54 Å². The molecule has 112 valence electrons. The highest BCUT2D eigenvalue weighted by atomic mass is 32.2. The second-order valence-corrected chi connectivity index (χ2v) is 7.46. The van der Waals surface area contributed by atoms with Crippen molar-refractivity contribution in [2.24, 2.45) is 0 Å². The fraction of sp³-hybridized carbons (Fsp3) is 0.214. The van der Waals surface area contributed by atoms with Crippen molar-refractivity contribution >= 4 is 27.3 Å². The maximum atomic E-state index is 11.8. The van der Waals surface area contributed by atoms with Crippen LogP contribution in [0.1, 0.15) is 11.1 Å². The Kier molecular flexibility index (Phi) is 5.11. The Morgan fingerprint density at radius 1 is 1.24 bits per heavy atom. The van der Waals surface area contributed by atoms with Crippen LogP contribution in [0.3, 0.4) is 0 Å². The molecule has 0 radical (unpaired) electrons. The zero-order chi connectivity index (χ0) is 15.3. The second-order valence-electron chi connectivity index (χ2n) is 4.52. The van der Waals surface area contributed by atoms with Crippen LogP contribution < -0.4 is 10.0 Å². The van der Waals surface area contributed by atoms with Crippen molar-refractivity contribution in [3.05, 3.63) is 52.9 Å². The number of sulfonamides is 1. The van der Waals surface area contributed by atoms with E-state index in [0.717, 1.165) is 22.5 Å². The lowest BCUT2D eigenvalue weighted by Gasteiger charge is -2.07. The molecule has 2 aromatic rings. The summed E-state index contributed by atoms with van der Waals surface area (Å²) in [5, 5.41) is 4.35. The van der Waals surface area contributed by atoms with E-state index in [-0.39, 0.29) is 16.7 Å². The first-order chi connectivity index (χ1) is 9.97. The molecule has 2 N–H and O–H groups in total. The van der Waals surface area contributed by atoms with Crippen LogP contribution in [0.15, 0.2) is 46.0 Å². The van der Waals surface area contributed by atoms with E-state index < -0.39 is 10.0 Å². The molecule has 0 atom stereocenters. The molecule has 1 heterocycles.